The number of hydrogen-bond acceptors (Lipinski definition) is 4. The van der Waals surface area contributed by atoms with Gasteiger partial charge in [0, 0.05) is 22.8 Å². The number of nitrogens with zero attached hydrogens (tertiary/aromatic N) is 1. The smallest absolute Gasteiger partial charge is 0.253 e. The highest BCUT2D eigenvalue weighted by Gasteiger charge is 2.30. The maximum atomic E-state index is 12.6. The van der Waals surface area contributed by atoms with Crippen LogP contribution in [0.2, 0.25) is 5.02 Å². The third kappa shape index (κ3) is 3.51. The molecule has 0 radical (unpaired) electrons. The molecule has 1 aromatic carbocycles. The Labute approximate surface area is 131 Å². The lowest BCUT2D eigenvalue weighted by molar-refractivity contribution is 0.0790. The predicted molar refractivity (Wildman–Crippen MR) is 85.5 cm³/mol. The first-order chi connectivity index (χ1) is 9.72. The lowest BCUT2D eigenvalue weighted by Gasteiger charge is -2.38. The molecule has 1 saturated heterocycles. The number of sulfonamides is 1. The van der Waals surface area contributed by atoms with Crippen molar-refractivity contribution in [3.8, 4) is 0 Å². The lowest BCUT2D eigenvalue weighted by atomic mass is 10.0. The van der Waals surface area contributed by atoms with Crippen molar-refractivity contribution < 1.29 is 8.42 Å². The number of hydrazine groups is 1. The van der Waals surface area contributed by atoms with Crippen LogP contribution in [0.3, 0.4) is 0 Å². The Kier molecular flexibility index (Phi) is 4.82. The van der Waals surface area contributed by atoms with E-state index in [1.807, 2.05) is 18.9 Å². The summed E-state index contributed by atoms with van der Waals surface area (Å²) in [5.41, 5.74) is 6.71. The average molecular weight is 332 g/mol. The topological polar surface area (TPSA) is 75.4 Å². The first-order valence-electron chi connectivity index (χ1n) is 7.09. The Morgan fingerprint density at radius 3 is 2.43 bits per heavy atom. The molecule has 3 N–H and O–H groups in total. The number of nitrogens with one attached hydrogen (secondary N) is 1. The van der Waals surface area contributed by atoms with Crippen LogP contribution in [0.4, 0.5) is 5.69 Å². The van der Waals surface area contributed by atoms with E-state index in [1.54, 1.807) is 13.0 Å². The van der Waals surface area contributed by atoms with Crippen molar-refractivity contribution in [2.75, 3.05) is 5.73 Å². The molecule has 2 rings (SSSR count). The van der Waals surface area contributed by atoms with E-state index in [-0.39, 0.29) is 17.0 Å². The number of rotatable bonds is 3. The van der Waals surface area contributed by atoms with Gasteiger partial charge in [-0.1, -0.05) is 18.0 Å². The molecular weight excluding hydrogens is 310 g/mol. The van der Waals surface area contributed by atoms with Crippen molar-refractivity contribution in [1.29, 1.82) is 0 Å². The van der Waals surface area contributed by atoms with E-state index in [0.29, 0.717) is 16.3 Å². The monoisotopic (exact) mass is 331 g/mol. The zero-order valence-corrected chi connectivity index (χ0v) is 14.1. The fraction of sp³-hybridized carbons (Fsp3) is 0.571. The molecule has 5 nitrogen and oxygen atoms in total. The molecular formula is C14H22ClN3O2S. The van der Waals surface area contributed by atoms with E-state index in [0.717, 1.165) is 19.3 Å². The van der Waals surface area contributed by atoms with Gasteiger partial charge in [0.25, 0.3) is 10.0 Å². The van der Waals surface area contributed by atoms with Gasteiger partial charge in [0.1, 0.15) is 0 Å². The summed E-state index contributed by atoms with van der Waals surface area (Å²) >= 11 is 5.94. The van der Waals surface area contributed by atoms with Crippen LogP contribution in [0.25, 0.3) is 0 Å². The van der Waals surface area contributed by atoms with Crippen molar-refractivity contribution in [1.82, 2.24) is 9.84 Å². The van der Waals surface area contributed by atoms with Crippen LogP contribution in [0.5, 0.6) is 0 Å². The molecule has 2 atom stereocenters. The van der Waals surface area contributed by atoms with E-state index in [4.69, 9.17) is 17.3 Å². The molecule has 0 saturated carbocycles. The largest absolute Gasteiger partial charge is 0.398 e. The molecule has 1 fully saturated rings. The molecule has 1 aromatic rings. The van der Waals surface area contributed by atoms with Crippen LogP contribution < -0.4 is 10.6 Å². The Morgan fingerprint density at radius 2 is 1.86 bits per heavy atom. The van der Waals surface area contributed by atoms with Gasteiger partial charge < -0.3 is 5.73 Å². The number of anilines is 1. The molecule has 0 bridgehead atoms. The SMILES string of the molecule is Cc1c(N)cc(Cl)cc1S(=O)(=O)NN1C(C)CCCC1C. The number of halogens is 1. The first kappa shape index (κ1) is 16.5. The average Bonchev–Trinajstić information content (AvgIpc) is 2.38. The summed E-state index contributed by atoms with van der Waals surface area (Å²) in [5, 5.41) is 2.13. The van der Waals surface area contributed by atoms with E-state index in [2.05, 4.69) is 4.83 Å². The van der Waals surface area contributed by atoms with Gasteiger partial charge in [-0.3, -0.25) is 0 Å². The van der Waals surface area contributed by atoms with Crippen LogP contribution in [-0.4, -0.2) is 25.5 Å². The third-order valence-corrected chi connectivity index (χ3v) is 5.75. The Hall–Kier alpha value is -0.820. The van der Waals surface area contributed by atoms with E-state index in [1.165, 1.54) is 6.07 Å². The highest BCUT2D eigenvalue weighted by molar-refractivity contribution is 7.89. The van der Waals surface area contributed by atoms with Crippen molar-refractivity contribution in [3.05, 3.63) is 22.7 Å². The molecule has 1 aliphatic rings. The minimum absolute atomic E-state index is 0.137. The summed E-state index contributed by atoms with van der Waals surface area (Å²) < 4.78 is 25.3. The van der Waals surface area contributed by atoms with Gasteiger partial charge in [0.2, 0.25) is 0 Å². The second-order valence-corrected chi connectivity index (χ2v) is 7.81. The van der Waals surface area contributed by atoms with E-state index < -0.39 is 10.0 Å². The fourth-order valence-electron chi connectivity index (χ4n) is 2.74. The molecule has 0 spiro atoms. The van der Waals surface area contributed by atoms with Gasteiger partial charge in [-0.05, 0) is 51.3 Å². The molecule has 1 heterocycles. The molecule has 0 aromatic heterocycles. The summed E-state index contributed by atoms with van der Waals surface area (Å²) in [6, 6.07) is 3.33. The van der Waals surface area contributed by atoms with Gasteiger partial charge in [-0.15, -0.1) is 4.83 Å². The van der Waals surface area contributed by atoms with Crippen molar-refractivity contribution in [3.63, 3.8) is 0 Å². The van der Waals surface area contributed by atoms with Crippen molar-refractivity contribution in [2.24, 2.45) is 0 Å². The minimum atomic E-state index is -3.69. The fourth-order valence-corrected chi connectivity index (χ4v) is 4.57. The van der Waals surface area contributed by atoms with Crippen LogP contribution in [-0.2, 0) is 10.0 Å². The third-order valence-electron chi connectivity index (χ3n) is 4.07. The number of hydrogen-bond donors (Lipinski definition) is 2. The second kappa shape index (κ2) is 6.12. The van der Waals surface area contributed by atoms with Gasteiger partial charge in [-0.2, -0.15) is 0 Å². The zero-order chi connectivity index (χ0) is 15.8. The van der Waals surface area contributed by atoms with Crippen LogP contribution in [0.1, 0.15) is 38.7 Å². The highest BCUT2D eigenvalue weighted by atomic mass is 35.5. The Balaban J connectivity index is 2.34. The zero-order valence-electron chi connectivity index (χ0n) is 12.6. The Bertz CT molecular complexity index is 623. The number of nitrogen functional groups attached to an aromatic ring is 1. The summed E-state index contributed by atoms with van der Waals surface area (Å²) in [5.74, 6) is 0. The molecule has 21 heavy (non-hydrogen) atoms. The minimum Gasteiger partial charge on any atom is -0.398 e. The van der Waals surface area contributed by atoms with E-state index in [9.17, 15) is 8.42 Å². The quantitative estimate of drug-likeness (QED) is 0.835. The van der Waals surface area contributed by atoms with Crippen LogP contribution in [0.15, 0.2) is 17.0 Å². The molecule has 7 heteroatoms. The molecule has 0 amide bonds. The number of nitrogens with two attached hydrogens (primary N) is 1. The Morgan fingerprint density at radius 1 is 1.29 bits per heavy atom. The summed E-state index contributed by atoms with van der Waals surface area (Å²) in [6.45, 7) is 5.73. The maximum Gasteiger partial charge on any atom is 0.253 e. The predicted octanol–water partition coefficient (Wildman–Crippen LogP) is 2.69. The van der Waals surface area contributed by atoms with Crippen LogP contribution in [0, 0.1) is 6.92 Å². The summed E-state index contributed by atoms with van der Waals surface area (Å²) in [4.78, 5) is 2.83. The van der Waals surface area contributed by atoms with Gasteiger partial charge >= 0.3 is 0 Å². The second-order valence-electron chi connectivity index (χ2n) is 5.75. The molecule has 0 aliphatic carbocycles. The summed E-state index contributed by atoms with van der Waals surface area (Å²) in [7, 11) is -3.69. The number of benzene rings is 1. The summed E-state index contributed by atoms with van der Waals surface area (Å²) in [6.07, 6.45) is 3.07. The normalized spacial score (nSPS) is 24.2. The molecule has 1 aliphatic heterocycles. The molecule has 118 valence electrons. The highest BCUT2D eigenvalue weighted by Crippen LogP contribution is 2.27. The van der Waals surface area contributed by atoms with Gasteiger partial charge in [0.05, 0.1) is 4.90 Å². The standard InChI is InChI=1S/C14H22ClN3O2S/c1-9-5-4-6-10(2)18(9)17-21(19,20)14-8-12(15)7-13(16)11(14)3/h7-10,17H,4-6,16H2,1-3H3. The maximum absolute atomic E-state index is 12.6. The number of piperidine rings is 1. The van der Waals surface area contributed by atoms with Gasteiger partial charge in [0.15, 0.2) is 0 Å². The van der Waals surface area contributed by atoms with Crippen molar-refractivity contribution >= 4 is 27.3 Å². The first-order valence-corrected chi connectivity index (χ1v) is 8.95. The van der Waals surface area contributed by atoms with Gasteiger partial charge in [-0.25, -0.2) is 13.4 Å². The van der Waals surface area contributed by atoms with Crippen molar-refractivity contribution in [2.45, 2.75) is 57.0 Å². The molecule has 2 unspecified atom stereocenters. The van der Waals surface area contributed by atoms with Crippen LogP contribution >= 0.6 is 11.6 Å². The van der Waals surface area contributed by atoms with E-state index >= 15 is 0 Å². The lowest BCUT2D eigenvalue weighted by Crippen LogP contribution is -2.54.